The van der Waals surface area contributed by atoms with Crippen molar-refractivity contribution in [2.75, 3.05) is 19.0 Å². The van der Waals surface area contributed by atoms with Gasteiger partial charge < -0.3 is 9.32 Å². The zero-order valence-corrected chi connectivity index (χ0v) is 16.0. The molecule has 4 rings (SSSR count). The first kappa shape index (κ1) is 17.8. The maximum Gasteiger partial charge on any atom is 0.226 e. The fraction of sp³-hybridized carbons (Fsp3) is 0.0800. The van der Waals surface area contributed by atoms with Gasteiger partial charge in [0.1, 0.15) is 0 Å². The molecule has 0 unspecified atom stereocenters. The fourth-order valence-electron chi connectivity index (χ4n) is 2.99. The lowest BCUT2D eigenvalue weighted by atomic mass is 10.1. The number of oxazole rings is 1. The van der Waals surface area contributed by atoms with Crippen LogP contribution in [-0.2, 0) is 0 Å². The SMILES string of the molecule is CN(C)c1ccc(C=Cc2cccc(-c3ncc(-c4ccccc4)o3)c2)cc1. The summed E-state index contributed by atoms with van der Waals surface area (Å²) in [6.45, 7) is 0. The van der Waals surface area contributed by atoms with Gasteiger partial charge in [0.15, 0.2) is 5.76 Å². The average Bonchev–Trinajstić information content (AvgIpc) is 3.24. The van der Waals surface area contributed by atoms with Crippen LogP contribution in [0, 0.1) is 0 Å². The van der Waals surface area contributed by atoms with E-state index in [2.05, 4.69) is 58.4 Å². The number of aromatic nitrogens is 1. The van der Waals surface area contributed by atoms with Gasteiger partial charge in [0.25, 0.3) is 0 Å². The molecule has 0 atom stereocenters. The maximum atomic E-state index is 5.97. The van der Waals surface area contributed by atoms with Crippen molar-refractivity contribution in [3.63, 3.8) is 0 Å². The second kappa shape index (κ2) is 7.97. The third-order valence-corrected chi connectivity index (χ3v) is 4.58. The monoisotopic (exact) mass is 366 g/mol. The molecular formula is C25H22N2O. The quantitative estimate of drug-likeness (QED) is 0.391. The Labute approximate surface area is 165 Å². The lowest BCUT2D eigenvalue weighted by molar-refractivity contribution is 0.589. The van der Waals surface area contributed by atoms with E-state index in [0.717, 1.165) is 22.5 Å². The molecule has 0 N–H and O–H groups in total. The fourth-order valence-corrected chi connectivity index (χ4v) is 2.99. The van der Waals surface area contributed by atoms with Crippen molar-refractivity contribution in [2.24, 2.45) is 0 Å². The molecule has 1 aromatic heterocycles. The van der Waals surface area contributed by atoms with E-state index >= 15 is 0 Å². The van der Waals surface area contributed by atoms with E-state index in [9.17, 15) is 0 Å². The molecule has 3 aromatic carbocycles. The summed E-state index contributed by atoms with van der Waals surface area (Å²) in [5.41, 5.74) is 5.45. The molecule has 0 saturated heterocycles. The van der Waals surface area contributed by atoms with Crippen LogP contribution in [0.5, 0.6) is 0 Å². The number of hydrogen-bond donors (Lipinski definition) is 0. The zero-order valence-electron chi connectivity index (χ0n) is 16.0. The van der Waals surface area contributed by atoms with Crippen LogP contribution in [0.4, 0.5) is 5.69 Å². The van der Waals surface area contributed by atoms with Crippen LogP contribution in [-0.4, -0.2) is 19.1 Å². The maximum absolute atomic E-state index is 5.97. The average molecular weight is 366 g/mol. The molecule has 3 heteroatoms. The highest BCUT2D eigenvalue weighted by molar-refractivity contribution is 5.73. The Morgan fingerprint density at radius 3 is 2.21 bits per heavy atom. The smallest absolute Gasteiger partial charge is 0.226 e. The van der Waals surface area contributed by atoms with Gasteiger partial charge in [0.05, 0.1) is 6.20 Å². The Morgan fingerprint density at radius 2 is 1.46 bits per heavy atom. The predicted molar refractivity (Wildman–Crippen MR) is 117 cm³/mol. The molecule has 0 aliphatic carbocycles. The highest BCUT2D eigenvalue weighted by Gasteiger charge is 2.08. The van der Waals surface area contributed by atoms with Crippen LogP contribution in [0.1, 0.15) is 11.1 Å². The molecule has 0 aliphatic heterocycles. The number of anilines is 1. The summed E-state index contributed by atoms with van der Waals surface area (Å²) in [4.78, 5) is 6.55. The van der Waals surface area contributed by atoms with E-state index in [4.69, 9.17) is 4.42 Å². The predicted octanol–water partition coefficient (Wildman–Crippen LogP) is 6.25. The van der Waals surface area contributed by atoms with Gasteiger partial charge in [-0.15, -0.1) is 0 Å². The van der Waals surface area contributed by atoms with E-state index in [1.54, 1.807) is 6.20 Å². The molecule has 3 nitrogen and oxygen atoms in total. The highest BCUT2D eigenvalue weighted by atomic mass is 16.4. The van der Waals surface area contributed by atoms with E-state index < -0.39 is 0 Å². The highest BCUT2D eigenvalue weighted by Crippen LogP contribution is 2.26. The molecule has 0 saturated carbocycles. The summed E-state index contributed by atoms with van der Waals surface area (Å²) in [6, 6.07) is 26.7. The Balaban J connectivity index is 1.54. The first-order chi connectivity index (χ1) is 13.7. The van der Waals surface area contributed by atoms with Gasteiger partial charge in [-0.25, -0.2) is 4.98 Å². The van der Waals surface area contributed by atoms with Crippen molar-refractivity contribution in [3.05, 3.63) is 96.2 Å². The van der Waals surface area contributed by atoms with E-state index in [1.165, 1.54) is 11.3 Å². The van der Waals surface area contributed by atoms with Crippen molar-refractivity contribution in [2.45, 2.75) is 0 Å². The molecule has 138 valence electrons. The zero-order chi connectivity index (χ0) is 19.3. The van der Waals surface area contributed by atoms with Crippen LogP contribution in [0.25, 0.3) is 34.9 Å². The first-order valence-corrected chi connectivity index (χ1v) is 9.26. The Morgan fingerprint density at radius 1 is 0.750 bits per heavy atom. The molecule has 0 fully saturated rings. The third kappa shape index (κ3) is 4.04. The minimum Gasteiger partial charge on any atom is -0.436 e. The van der Waals surface area contributed by atoms with Crippen LogP contribution < -0.4 is 4.90 Å². The third-order valence-electron chi connectivity index (χ3n) is 4.58. The summed E-state index contributed by atoms with van der Waals surface area (Å²) < 4.78 is 5.97. The number of benzene rings is 3. The van der Waals surface area contributed by atoms with E-state index in [-0.39, 0.29) is 0 Å². The molecule has 0 bridgehead atoms. The topological polar surface area (TPSA) is 29.3 Å². The number of hydrogen-bond acceptors (Lipinski definition) is 3. The van der Waals surface area contributed by atoms with Gasteiger partial charge in [-0.1, -0.05) is 66.7 Å². The van der Waals surface area contributed by atoms with Crippen molar-refractivity contribution in [1.29, 1.82) is 0 Å². The summed E-state index contributed by atoms with van der Waals surface area (Å²) in [6.07, 6.45) is 6.00. The lowest BCUT2D eigenvalue weighted by Crippen LogP contribution is -2.07. The number of rotatable bonds is 5. The van der Waals surface area contributed by atoms with Crippen molar-refractivity contribution < 1.29 is 4.42 Å². The van der Waals surface area contributed by atoms with Crippen LogP contribution in [0.15, 0.2) is 89.5 Å². The van der Waals surface area contributed by atoms with Gasteiger partial charge in [-0.2, -0.15) is 0 Å². The van der Waals surface area contributed by atoms with Gasteiger partial charge in [-0.05, 0) is 35.4 Å². The first-order valence-electron chi connectivity index (χ1n) is 9.26. The Hall–Kier alpha value is -3.59. The van der Waals surface area contributed by atoms with Crippen molar-refractivity contribution in [3.8, 4) is 22.8 Å². The Kier molecular flexibility index (Phi) is 5.07. The van der Waals surface area contributed by atoms with Crippen molar-refractivity contribution >= 4 is 17.8 Å². The molecule has 4 aromatic rings. The molecule has 28 heavy (non-hydrogen) atoms. The molecule has 0 spiro atoms. The lowest BCUT2D eigenvalue weighted by Gasteiger charge is -2.11. The Bertz CT molecular complexity index is 1080. The molecule has 0 amide bonds. The number of nitrogens with zero attached hydrogens (tertiary/aromatic N) is 2. The summed E-state index contributed by atoms with van der Waals surface area (Å²) in [5.74, 6) is 1.40. The van der Waals surface area contributed by atoms with Gasteiger partial charge in [0.2, 0.25) is 5.89 Å². The van der Waals surface area contributed by atoms with E-state index in [0.29, 0.717) is 5.89 Å². The minimum absolute atomic E-state index is 0.629. The molecular weight excluding hydrogens is 344 g/mol. The van der Waals surface area contributed by atoms with Gasteiger partial charge >= 0.3 is 0 Å². The van der Waals surface area contributed by atoms with Crippen molar-refractivity contribution in [1.82, 2.24) is 4.98 Å². The summed E-state index contributed by atoms with van der Waals surface area (Å²) >= 11 is 0. The summed E-state index contributed by atoms with van der Waals surface area (Å²) in [7, 11) is 4.09. The second-order valence-electron chi connectivity index (χ2n) is 6.84. The van der Waals surface area contributed by atoms with E-state index in [1.807, 2.05) is 56.6 Å². The molecule has 0 aliphatic rings. The van der Waals surface area contributed by atoms with Gasteiger partial charge in [-0.3, -0.25) is 0 Å². The van der Waals surface area contributed by atoms with Crippen LogP contribution in [0.3, 0.4) is 0 Å². The second-order valence-corrected chi connectivity index (χ2v) is 6.84. The standard InChI is InChI=1S/C25H22N2O/c1-27(2)23-15-13-19(14-16-23)11-12-20-7-6-10-22(17-20)25-26-18-24(28-25)21-8-4-3-5-9-21/h3-18H,1-2H3. The van der Waals surface area contributed by atoms with Crippen LogP contribution >= 0.6 is 0 Å². The summed E-state index contributed by atoms with van der Waals surface area (Å²) in [5, 5.41) is 0. The minimum atomic E-state index is 0.629. The normalized spacial score (nSPS) is 11.1. The molecule has 1 heterocycles. The largest absolute Gasteiger partial charge is 0.436 e. The van der Waals surface area contributed by atoms with Crippen LogP contribution in [0.2, 0.25) is 0 Å². The molecule has 0 radical (unpaired) electrons. The van der Waals surface area contributed by atoms with Gasteiger partial charge in [0, 0.05) is 30.9 Å².